The average Bonchev–Trinajstić information content (AvgIpc) is 3.71. The summed E-state index contributed by atoms with van der Waals surface area (Å²) in [6, 6.07) is 23.2. The molecule has 3 aromatic carbocycles. The van der Waals surface area contributed by atoms with Crippen LogP contribution in [0, 0.1) is 5.92 Å². The monoisotopic (exact) mass is 653 g/mol. The predicted octanol–water partition coefficient (Wildman–Crippen LogP) is 5.02. The van der Waals surface area contributed by atoms with Gasteiger partial charge in [0.2, 0.25) is 11.8 Å². The molecule has 4 aliphatic heterocycles. The van der Waals surface area contributed by atoms with Crippen LogP contribution in [-0.4, -0.2) is 66.1 Å². The fraction of sp³-hybridized carbons (Fsp3) is 0.432. The molecule has 0 radical (unpaired) electrons. The van der Waals surface area contributed by atoms with Gasteiger partial charge in [0.25, 0.3) is 5.91 Å². The van der Waals surface area contributed by atoms with E-state index >= 15 is 0 Å². The summed E-state index contributed by atoms with van der Waals surface area (Å²) >= 11 is 0. The molecule has 2 N–H and O–H groups in total. The number of aliphatic hydroxyl groups excluding tert-OH is 1. The van der Waals surface area contributed by atoms with Gasteiger partial charge in [-0.1, -0.05) is 55.5 Å². The SMILES string of the molecule is C[C@H]1[C@H]([Si](C)(C)O)[C@@H](CC(=O)N2CCC[C@H]2CO)O[C@]12C(=O)N(Cc1cccc(N3C(=O)CCc4ccccc43)c1)c1ccccc12. The highest BCUT2D eigenvalue weighted by Crippen LogP contribution is 2.59. The van der Waals surface area contributed by atoms with E-state index in [1.165, 1.54) is 0 Å². The molecule has 246 valence electrons. The summed E-state index contributed by atoms with van der Waals surface area (Å²) in [5.74, 6) is -0.659. The average molecular weight is 654 g/mol. The number of benzene rings is 3. The highest BCUT2D eigenvalue weighted by atomic mass is 28.4. The lowest BCUT2D eigenvalue weighted by atomic mass is 9.82. The molecule has 1 spiro atoms. The molecule has 9 nitrogen and oxygen atoms in total. The van der Waals surface area contributed by atoms with Crippen LogP contribution in [-0.2, 0) is 37.7 Å². The van der Waals surface area contributed by atoms with Crippen LogP contribution < -0.4 is 9.80 Å². The Hall–Kier alpha value is -3.83. The molecule has 7 rings (SSSR count). The fourth-order valence-corrected chi connectivity index (χ4v) is 11.3. The van der Waals surface area contributed by atoms with E-state index in [0.717, 1.165) is 46.6 Å². The smallest absolute Gasteiger partial charge is 0.264 e. The van der Waals surface area contributed by atoms with Crippen LogP contribution >= 0.6 is 0 Å². The maximum absolute atomic E-state index is 14.8. The van der Waals surface area contributed by atoms with Gasteiger partial charge in [0.05, 0.1) is 43.1 Å². The lowest BCUT2D eigenvalue weighted by Crippen LogP contribution is -2.46. The first-order chi connectivity index (χ1) is 22.5. The zero-order valence-electron chi connectivity index (χ0n) is 27.3. The zero-order valence-corrected chi connectivity index (χ0v) is 28.3. The number of nitrogens with zero attached hydrogens (tertiary/aromatic N) is 3. The Morgan fingerprint density at radius 2 is 1.74 bits per heavy atom. The van der Waals surface area contributed by atoms with E-state index in [-0.39, 0.29) is 54.8 Å². The first-order valence-corrected chi connectivity index (χ1v) is 19.8. The van der Waals surface area contributed by atoms with Crippen molar-refractivity contribution in [2.45, 2.75) is 82.0 Å². The number of fused-ring (bicyclic) bond motifs is 3. The summed E-state index contributed by atoms with van der Waals surface area (Å²) in [5.41, 5.74) is 3.43. The molecule has 0 bridgehead atoms. The standard InChI is InChI=1S/C37H43N3O6Si/c1-24-35(47(2,3)45)32(21-34(43)38-19-9-13-28(38)23-41)46-37(24)29-14-5-7-16-31(29)39(36(37)44)22-25-10-8-12-27(20-25)40-30-15-6-4-11-26(30)17-18-33(40)42/h4-8,10-12,14-16,20,24,28,32,35,41,45H,9,13,17-19,21-23H2,1-3H3/t24-,28-,32+,35-,37+/m0/s1. The Bertz CT molecular complexity index is 1720. The van der Waals surface area contributed by atoms with E-state index in [2.05, 4.69) is 6.07 Å². The fourth-order valence-electron chi connectivity index (χ4n) is 8.72. The van der Waals surface area contributed by atoms with Crippen LogP contribution in [0.3, 0.4) is 0 Å². The highest BCUT2D eigenvalue weighted by molar-refractivity contribution is 6.71. The molecule has 47 heavy (non-hydrogen) atoms. The van der Waals surface area contributed by atoms with Crippen molar-refractivity contribution in [2.75, 3.05) is 23.0 Å². The number of amides is 3. The summed E-state index contributed by atoms with van der Waals surface area (Å²) in [6.45, 7) is 6.47. The highest BCUT2D eigenvalue weighted by Gasteiger charge is 2.66. The Morgan fingerprint density at radius 3 is 2.51 bits per heavy atom. The minimum atomic E-state index is -2.94. The third-order valence-corrected chi connectivity index (χ3v) is 13.3. The first-order valence-electron chi connectivity index (χ1n) is 16.8. The van der Waals surface area contributed by atoms with E-state index < -0.39 is 20.0 Å². The van der Waals surface area contributed by atoms with Gasteiger partial charge in [-0.05, 0) is 67.7 Å². The van der Waals surface area contributed by atoms with Gasteiger partial charge in [0.1, 0.15) is 0 Å². The van der Waals surface area contributed by atoms with E-state index in [0.29, 0.717) is 19.4 Å². The third kappa shape index (κ3) is 5.22. The number of hydrogen-bond acceptors (Lipinski definition) is 6. The van der Waals surface area contributed by atoms with Gasteiger partial charge in [-0.2, -0.15) is 0 Å². The zero-order chi connectivity index (χ0) is 33.1. The number of hydrogen-bond donors (Lipinski definition) is 2. The minimum absolute atomic E-state index is 0.0391. The lowest BCUT2D eigenvalue weighted by Gasteiger charge is -2.33. The number of likely N-dealkylation sites (tertiary alicyclic amines) is 1. The molecule has 2 saturated heterocycles. The van der Waals surface area contributed by atoms with Crippen molar-refractivity contribution in [3.8, 4) is 0 Å². The Labute approximate surface area is 276 Å². The van der Waals surface area contributed by atoms with Gasteiger partial charge in [0, 0.05) is 35.7 Å². The second-order valence-corrected chi connectivity index (χ2v) is 18.0. The Kier molecular flexibility index (Phi) is 8.11. The molecular formula is C37H43N3O6Si. The first kappa shape index (κ1) is 31.8. The molecule has 0 unspecified atom stereocenters. The molecule has 4 heterocycles. The number of carbonyl (C=O) groups is 3. The molecule has 4 aliphatic rings. The summed E-state index contributed by atoms with van der Waals surface area (Å²) in [4.78, 5) is 58.4. The molecule has 0 aromatic heterocycles. The topological polar surface area (TPSA) is 111 Å². The van der Waals surface area contributed by atoms with Crippen molar-refractivity contribution in [2.24, 2.45) is 5.92 Å². The van der Waals surface area contributed by atoms with Crippen molar-refractivity contribution >= 4 is 43.1 Å². The van der Waals surface area contributed by atoms with E-state index in [9.17, 15) is 24.3 Å². The van der Waals surface area contributed by atoms with Crippen LogP contribution in [0.4, 0.5) is 17.1 Å². The predicted molar refractivity (Wildman–Crippen MR) is 182 cm³/mol. The summed E-state index contributed by atoms with van der Waals surface area (Å²) < 4.78 is 6.86. The molecular weight excluding hydrogens is 611 g/mol. The molecule has 0 aliphatic carbocycles. The maximum atomic E-state index is 14.8. The van der Waals surface area contributed by atoms with Gasteiger partial charge in [-0.3, -0.25) is 19.3 Å². The van der Waals surface area contributed by atoms with Crippen molar-refractivity contribution in [3.05, 3.63) is 89.5 Å². The number of carbonyl (C=O) groups excluding carboxylic acids is 3. The van der Waals surface area contributed by atoms with Crippen molar-refractivity contribution in [1.29, 1.82) is 0 Å². The molecule has 10 heteroatoms. The van der Waals surface area contributed by atoms with E-state index in [1.54, 1.807) is 14.7 Å². The molecule has 5 atom stereocenters. The molecule has 3 aromatic rings. The summed E-state index contributed by atoms with van der Waals surface area (Å²) in [7, 11) is -2.94. The number of anilines is 3. The van der Waals surface area contributed by atoms with Crippen molar-refractivity contribution in [3.63, 3.8) is 0 Å². The summed E-state index contributed by atoms with van der Waals surface area (Å²) in [5, 5.41) is 9.85. The largest absolute Gasteiger partial charge is 0.432 e. The number of aryl methyl sites for hydroxylation is 1. The van der Waals surface area contributed by atoms with Gasteiger partial charge in [0.15, 0.2) is 13.9 Å². The van der Waals surface area contributed by atoms with Gasteiger partial charge >= 0.3 is 0 Å². The van der Waals surface area contributed by atoms with Crippen molar-refractivity contribution < 1.29 is 29.0 Å². The van der Waals surface area contributed by atoms with Gasteiger partial charge in [-0.25, -0.2) is 0 Å². The number of para-hydroxylation sites is 2. The van der Waals surface area contributed by atoms with Crippen LogP contribution in [0.2, 0.25) is 18.6 Å². The number of ether oxygens (including phenoxy) is 1. The molecule has 0 saturated carbocycles. The van der Waals surface area contributed by atoms with Crippen LogP contribution in [0.1, 0.15) is 49.3 Å². The quantitative estimate of drug-likeness (QED) is 0.347. The number of rotatable bonds is 7. The third-order valence-electron chi connectivity index (χ3n) is 10.8. The normalized spacial score (nSPS) is 27.1. The molecule has 2 fully saturated rings. The lowest BCUT2D eigenvalue weighted by molar-refractivity contribution is -0.150. The van der Waals surface area contributed by atoms with Crippen LogP contribution in [0.25, 0.3) is 0 Å². The van der Waals surface area contributed by atoms with E-state index in [4.69, 9.17) is 4.74 Å². The Morgan fingerprint density at radius 1 is 1.00 bits per heavy atom. The second-order valence-electron chi connectivity index (χ2n) is 14.1. The second kappa shape index (κ2) is 12.0. The number of aliphatic hydroxyl groups is 1. The van der Waals surface area contributed by atoms with Crippen LogP contribution in [0.5, 0.6) is 0 Å². The Balaban J connectivity index is 1.21. The van der Waals surface area contributed by atoms with Crippen molar-refractivity contribution in [1.82, 2.24) is 4.90 Å². The van der Waals surface area contributed by atoms with Gasteiger partial charge in [-0.15, -0.1) is 0 Å². The summed E-state index contributed by atoms with van der Waals surface area (Å²) in [6.07, 6.45) is 2.16. The van der Waals surface area contributed by atoms with Gasteiger partial charge < -0.3 is 24.4 Å². The molecule has 3 amide bonds. The maximum Gasteiger partial charge on any atom is 0.264 e. The van der Waals surface area contributed by atoms with Crippen LogP contribution in [0.15, 0.2) is 72.8 Å². The van der Waals surface area contributed by atoms with E-state index in [1.807, 2.05) is 86.7 Å². The minimum Gasteiger partial charge on any atom is -0.432 e.